The Balaban J connectivity index is 1.63. The molecule has 5 rings (SSSR count). The lowest BCUT2D eigenvalue weighted by molar-refractivity contribution is -0.189. The van der Waals surface area contributed by atoms with Crippen LogP contribution in [0.1, 0.15) is 25.2 Å². The maximum Gasteiger partial charge on any atom is 0.425 e. The Bertz CT molecular complexity index is 1840. The molecule has 3 heterocycles. The number of fused-ring (bicyclic) bond motifs is 1. The van der Waals surface area contributed by atoms with Gasteiger partial charge in [0.1, 0.15) is 12.0 Å². The highest BCUT2D eigenvalue weighted by Crippen LogP contribution is 2.40. The summed E-state index contributed by atoms with van der Waals surface area (Å²) in [6, 6.07) is 14.0. The summed E-state index contributed by atoms with van der Waals surface area (Å²) in [7, 11) is 0. The molecular formula is C29H23ClF5N5O4. The average Bonchev–Trinajstić information content (AvgIpc) is 3.30. The zero-order valence-electron chi connectivity index (χ0n) is 23.1. The van der Waals surface area contributed by atoms with E-state index in [0.29, 0.717) is 11.6 Å². The van der Waals surface area contributed by atoms with Crippen LogP contribution in [0.5, 0.6) is 17.5 Å². The highest BCUT2D eigenvalue weighted by molar-refractivity contribution is 6.32. The van der Waals surface area contributed by atoms with Gasteiger partial charge in [-0.2, -0.15) is 22.8 Å². The number of para-hydroxylation sites is 1. The molecule has 0 amide bonds. The zero-order chi connectivity index (χ0) is 31.6. The second kappa shape index (κ2) is 12.6. The number of benzene rings is 2. The number of hydrogen-bond acceptors (Lipinski definition) is 7. The van der Waals surface area contributed by atoms with Crippen LogP contribution < -0.4 is 15.2 Å². The summed E-state index contributed by atoms with van der Waals surface area (Å²) in [5.74, 6) is -4.54. The van der Waals surface area contributed by atoms with E-state index in [-0.39, 0.29) is 30.6 Å². The van der Waals surface area contributed by atoms with Gasteiger partial charge < -0.3 is 14.2 Å². The van der Waals surface area contributed by atoms with Crippen LogP contribution in [0, 0.1) is 11.6 Å². The first-order valence-electron chi connectivity index (χ1n) is 13.1. The third-order valence-corrected chi connectivity index (χ3v) is 6.73. The largest absolute Gasteiger partial charge is 0.464 e. The molecule has 0 fully saturated rings. The van der Waals surface area contributed by atoms with Gasteiger partial charge in [0.15, 0.2) is 35.1 Å². The van der Waals surface area contributed by atoms with Crippen LogP contribution in [0.15, 0.2) is 65.6 Å². The van der Waals surface area contributed by atoms with Crippen molar-refractivity contribution in [2.24, 2.45) is 0 Å². The quantitative estimate of drug-likeness (QED) is 0.156. The fourth-order valence-corrected chi connectivity index (χ4v) is 4.40. The van der Waals surface area contributed by atoms with Crippen LogP contribution in [0.4, 0.5) is 22.0 Å². The monoisotopic (exact) mass is 635 g/mol. The van der Waals surface area contributed by atoms with Gasteiger partial charge >= 0.3 is 11.9 Å². The number of aromatic nitrogens is 5. The van der Waals surface area contributed by atoms with E-state index >= 15 is 4.39 Å². The molecule has 9 nitrogen and oxygen atoms in total. The summed E-state index contributed by atoms with van der Waals surface area (Å²) < 4.78 is 89.5. The predicted octanol–water partition coefficient (Wildman–Crippen LogP) is 6.77. The van der Waals surface area contributed by atoms with Gasteiger partial charge in [-0.05, 0) is 37.6 Å². The Morgan fingerprint density at radius 3 is 2.43 bits per heavy atom. The lowest BCUT2D eigenvalue weighted by Crippen LogP contribution is -2.32. The first-order chi connectivity index (χ1) is 21.0. The molecule has 44 heavy (non-hydrogen) atoms. The first kappa shape index (κ1) is 30.9. The van der Waals surface area contributed by atoms with E-state index in [1.165, 1.54) is 16.7 Å². The van der Waals surface area contributed by atoms with Crippen molar-refractivity contribution in [3.8, 4) is 23.3 Å². The maximum atomic E-state index is 16.1. The third kappa shape index (κ3) is 6.21. The molecule has 1 unspecified atom stereocenters. The van der Waals surface area contributed by atoms with Crippen molar-refractivity contribution < 1.29 is 36.2 Å². The first-order valence-corrected chi connectivity index (χ1v) is 13.5. The van der Waals surface area contributed by atoms with Crippen molar-refractivity contribution in [1.29, 1.82) is 0 Å². The topological polar surface area (TPSA) is 93.3 Å². The summed E-state index contributed by atoms with van der Waals surface area (Å²) in [4.78, 5) is 21.2. The molecule has 2 aromatic carbocycles. The normalized spacial score (nSPS) is 12.5. The number of hydrogen-bond donors (Lipinski definition) is 0. The van der Waals surface area contributed by atoms with Gasteiger partial charge in [0.05, 0.1) is 11.6 Å². The van der Waals surface area contributed by atoms with Crippen molar-refractivity contribution in [2.75, 3.05) is 0 Å². The Labute approximate surface area is 251 Å². The summed E-state index contributed by atoms with van der Waals surface area (Å²) in [5.41, 5.74) is 0.0403. The Hall–Kier alpha value is -4.56. The van der Waals surface area contributed by atoms with Crippen LogP contribution in [0.3, 0.4) is 0 Å². The Kier molecular flexibility index (Phi) is 8.83. The number of ether oxygens (including phenoxy) is 3. The Morgan fingerprint density at radius 2 is 1.75 bits per heavy atom. The van der Waals surface area contributed by atoms with Gasteiger partial charge in [-0.1, -0.05) is 48.0 Å². The molecule has 0 aliphatic heterocycles. The second-order valence-electron chi connectivity index (χ2n) is 9.38. The molecule has 3 aromatic heterocycles. The average molecular weight is 636 g/mol. The molecule has 0 bridgehead atoms. The molecule has 0 N–H and O–H groups in total. The minimum atomic E-state index is -4.86. The fraction of sp³-hybridized carbons (Fsp3) is 0.241. The highest BCUT2D eigenvalue weighted by atomic mass is 35.5. The number of nitrogens with zero attached hydrogens (tertiary/aromatic N) is 5. The molecule has 1 atom stereocenters. The SMILES string of the molecule is CCn1c(COCc2ccccc2)nn(-c2nc(OC(C)C(F)(F)F)c3c(Oc4c(F)cccc4Cl)nccc3c2F)c1=O. The van der Waals surface area contributed by atoms with E-state index in [0.717, 1.165) is 23.9 Å². The van der Waals surface area contributed by atoms with Gasteiger partial charge in [0.2, 0.25) is 11.8 Å². The van der Waals surface area contributed by atoms with E-state index in [9.17, 15) is 22.4 Å². The van der Waals surface area contributed by atoms with Gasteiger partial charge in [0.25, 0.3) is 0 Å². The van der Waals surface area contributed by atoms with Crippen LogP contribution in [-0.4, -0.2) is 36.6 Å². The number of alkyl halides is 3. The zero-order valence-corrected chi connectivity index (χ0v) is 23.9. The second-order valence-corrected chi connectivity index (χ2v) is 9.79. The molecule has 0 spiro atoms. The minimum absolute atomic E-state index is 0.119. The van der Waals surface area contributed by atoms with Crippen molar-refractivity contribution in [3.63, 3.8) is 0 Å². The van der Waals surface area contributed by atoms with Crippen LogP contribution in [-0.2, 0) is 24.5 Å². The van der Waals surface area contributed by atoms with Gasteiger partial charge in [-0.15, -0.1) is 5.10 Å². The number of rotatable bonds is 10. The summed E-state index contributed by atoms with van der Waals surface area (Å²) >= 11 is 6.05. The van der Waals surface area contributed by atoms with Crippen LogP contribution in [0.25, 0.3) is 16.6 Å². The van der Waals surface area contributed by atoms with Crippen molar-refractivity contribution in [1.82, 2.24) is 24.3 Å². The molecule has 0 aliphatic rings. The van der Waals surface area contributed by atoms with E-state index in [1.807, 2.05) is 30.3 Å². The lowest BCUT2D eigenvalue weighted by Gasteiger charge is -2.20. The van der Waals surface area contributed by atoms with Gasteiger partial charge in [-0.25, -0.2) is 18.6 Å². The number of halogens is 6. The van der Waals surface area contributed by atoms with Crippen LogP contribution in [0.2, 0.25) is 5.02 Å². The smallest absolute Gasteiger partial charge is 0.425 e. The van der Waals surface area contributed by atoms with Crippen LogP contribution >= 0.6 is 11.6 Å². The maximum absolute atomic E-state index is 16.1. The predicted molar refractivity (Wildman–Crippen MR) is 149 cm³/mol. The standard InChI is InChI=1S/C29H23ClF5N5O4/c1-3-39-21(15-42-14-17-8-5-4-6-9-17)38-40(28(39)41)25-23(32)18-12-13-36-26(44-24-19(30)10-7-11-20(24)31)22(18)27(37-25)43-16(2)29(33,34)35/h4-13,16H,3,14-15H2,1-2H3. The summed E-state index contributed by atoms with van der Waals surface area (Å²) in [5, 5.41) is 3.15. The summed E-state index contributed by atoms with van der Waals surface area (Å²) in [6.07, 6.45) is -6.22. The molecule has 15 heteroatoms. The van der Waals surface area contributed by atoms with Crippen molar-refractivity contribution in [3.05, 3.63) is 99.3 Å². The number of pyridine rings is 2. The van der Waals surface area contributed by atoms with E-state index < -0.39 is 63.7 Å². The fourth-order valence-electron chi connectivity index (χ4n) is 4.20. The molecule has 0 saturated carbocycles. The minimum Gasteiger partial charge on any atom is -0.464 e. The van der Waals surface area contributed by atoms with E-state index in [2.05, 4.69) is 15.1 Å². The van der Waals surface area contributed by atoms with Gasteiger partial charge in [0, 0.05) is 18.1 Å². The lowest BCUT2D eigenvalue weighted by atomic mass is 10.2. The molecule has 0 radical (unpaired) electrons. The van der Waals surface area contributed by atoms with E-state index in [4.69, 9.17) is 25.8 Å². The molecular weight excluding hydrogens is 613 g/mol. The van der Waals surface area contributed by atoms with Gasteiger partial charge in [-0.3, -0.25) is 4.57 Å². The van der Waals surface area contributed by atoms with Crippen molar-refractivity contribution in [2.45, 2.75) is 45.9 Å². The highest BCUT2D eigenvalue weighted by Gasteiger charge is 2.39. The molecule has 5 aromatic rings. The Morgan fingerprint density at radius 1 is 1.00 bits per heavy atom. The third-order valence-electron chi connectivity index (χ3n) is 6.44. The van der Waals surface area contributed by atoms with E-state index in [1.54, 1.807) is 6.92 Å². The summed E-state index contributed by atoms with van der Waals surface area (Å²) in [6.45, 7) is 2.55. The molecule has 0 aliphatic carbocycles. The molecule has 0 saturated heterocycles. The molecule has 230 valence electrons. The van der Waals surface area contributed by atoms with Crippen molar-refractivity contribution >= 4 is 22.4 Å².